The average molecular weight is 220 g/mol. The Morgan fingerprint density at radius 2 is 1.69 bits per heavy atom. The van der Waals surface area contributed by atoms with Crippen LogP contribution in [0.4, 0.5) is 0 Å². The van der Waals surface area contributed by atoms with E-state index in [0.717, 1.165) is 11.3 Å². The first kappa shape index (κ1) is 12.8. The topological polar surface area (TPSA) is 26.3 Å². The van der Waals surface area contributed by atoms with E-state index in [1.165, 1.54) is 0 Å². The molecule has 1 aromatic carbocycles. The van der Waals surface area contributed by atoms with E-state index in [1.807, 2.05) is 52.0 Å². The highest BCUT2D eigenvalue weighted by Gasteiger charge is 2.08. The molecule has 0 aliphatic carbocycles. The Hall–Kier alpha value is -1.31. The zero-order valence-electron chi connectivity index (χ0n) is 10.5. The van der Waals surface area contributed by atoms with Gasteiger partial charge < -0.3 is 4.74 Å². The van der Waals surface area contributed by atoms with Crippen molar-refractivity contribution in [1.82, 2.24) is 0 Å². The van der Waals surface area contributed by atoms with E-state index in [9.17, 15) is 4.79 Å². The van der Waals surface area contributed by atoms with Crippen molar-refractivity contribution in [2.24, 2.45) is 5.92 Å². The predicted octanol–water partition coefficient (Wildman–Crippen LogP) is 3.70. The van der Waals surface area contributed by atoms with E-state index in [-0.39, 0.29) is 11.9 Å². The standard InChI is InChI=1S/C14H20O2/c1-10(2)9-14(15)12-5-7-13(8-6-12)16-11(3)4/h5-8,10-11H,9H2,1-4H3. The molecular formula is C14H20O2. The van der Waals surface area contributed by atoms with Crippen LogP contribution in [0.25, 0.3) is 0 Å². The monoisotopic (exact) mass is 220 g/mol. The first-order chi connectivity index (χ1) is 7.49. The van der Waals surface area contributed by atoms with Crippen LogP contribution in [0.2, 0.25) is 0 Å². The zero-order valence-corrected chi connectivity index (χ0v) is 10.5. The van der Waals surface area contributed by atoms with E-state index < -0.39 is 0 Å². The van der Waals surface area contributed by atoms with Crippen molar-refractivity contribution < 1.29 is 9.53 Å². The minimum absolute atomic E-state index is 0.164. The fourth-order valence-electron chi connectivity index (χ4n) is 1.48. The summed E-state index contributed by atoms with van der Waals surface area (Å²) in [6, 6.07) is 7.38. The van der Waals surface area contributed by atoms with E-state index in [1.54, 1.807) is 0 Å². The van der Waals surface area contributed by atoms with Gasteiger partial charge >= 0.3 is 0 Å². The van der Waals surface area contributed by atoms with Crippen LogP contribution in [0.15, 0.2) is 24.3 Å². The molecule has 0 aliphatic rings. The molecule has 0 fully saturated rings. The number of rotatable bonds is 5. The average Bonchev–Trinajstić information content (AvgIpc) is 2.16. The van der Waals surface area contributed by atoms with Gasteiger partial charge in [0.05, 0.1) is 6.10 Å². The summed E-state index contributed by atoms with van der Waals surface area (Å²) < 4.78 is 5.52. The van der Waals surface area contributed by atoms with Gasteiger partial charge in [-0.15, -0.1) is 0 Å². The Morgan fingerprint density at radius 3 is 2.12 bits per heavy atom. The quantitative estimate of drug-likeness (QED) is 0.707. The van der Waals surface area contributed by atoms with Crippen molar-refractivity contribution in [3.05, 3.63) is 29.8 Å². The fourth-order valence-corrected chi connectivity index (χ4v) is 1.48. The highest BCUT2D eigenvalue weighted by atomic mass is 16.5. The molecule has 2 heteroatoms. The van der Waals surface area contributed by atoms with Crippen LogP contribution in [0.5, 0.6) is 5.75 Å². The summed E-state index contributed by atoms with van der Waals surface area (Å²) in [5, 5.41) is 0. The molecule has 0 radical (unpaired) electrons. The van der Waals surface area contributed by atoms with Gasteiger partial charge in [-0.3, -0.25) is 4.79 Å². The lowest BCUT2D eigenvalue weighted by Gasteiger charge is -2.10. The summed E-state index contributed by atoms with van der Waals surface area (Å²) in [6.07, 6.45) is 0.766. The van der Waals surface area contributed by atoms with Crippen molar-refractivity contribution >= 4 is 5.78 Å². The first-order valence-electron chi connectivity index (χ1n) is 5.79. The van der Waals surface area contributed by atoms with Crippen LogP contribution in [-0.4, -0.2) is 11.9 Å². The predicted molar refractivity (Wildman–Crippen MR) is 66.0 cm³/mol. The highest BCUT2D eigenvalue weighted by molar-refractivity contribution is 5.96. The fraction of sp³-hybridized carbons (Fsp3) is 0.500. The minimum atomic E-state index is 0.164. The van der Waals surface area contributed by atoms with Gasteiger partial charge in [-0.05, 0) is 44.0 Å². The van der Waals surface area contributed by atoms with Crippen LogP contribution in [-0.2, 0) is 0 Å². The van der Waals surface area contributed by atoms with Crippen molar-refractivity contribution in [2.75, 3.05) is 0 Å². The van der Waals surface area contributed by atoms with Gasteiger partial charge in [0.1, 0.15) is 5.75 Å². The highest BCUT2D eigenvalue weighted by Crippen LogP contribution is 2.16. The summed E-state index contributed by atoms with van der Waals surface area (Å²) >= 11 is 0. The number of ether oxygens (including phenoxy) is 1. The molecule has 0 unspecified atom stereocenters. The van der Waals surface area contributed by atoms with E-state index in [0.29, 0.717) is 12.3 Å². The smallest absolute Gasteiger partial charge is 0.163 e. The molecule has 88 valence electrons. The molecule has 0 bridgehead atoms. The molecule has 0 saturated heterocycles. The SMILES string of the molecule is CC(C)CC(=O)c1ccc(OC(C)C)cc1. The number of hydrogen-bond acceptors (Lipinski definition) is 2. The van der Waals surface area contributed by atoms with Gasteiger partial charge in [0, 0.05) is 12.0 Å². The molecular weight excluding hydrogens is 200 g/mol. The van der Waals surface area contributed by atoms with E-state index in [4.69, 9.17) is 4.74 Å². The van der Waals surface area contributed by atoms with Crippen LogP contribution in [0.1, 0.15) is 44.5 Å². The number of carbonyl (C=O) groups is 1. The zero-order chi connectivity index (χ0) is 12.1. The van der Waals surface area contributed by atoms with Crippen LogP contribution in [0.3, 0.4) is 0 Å². The second-order valence-electron chi connectivity index (χ2n) is 4.71. The lowest BCUT2D eigenvalue weighted by molar-refractivity contribution is 0.0968. The van der Waals surface area contributed by atoms with Gasteiger partial charge in [0.15, 0.2) is 5.78 Å². The number of ketones is 1. The molecule has 0 amide bonds. The lowest BCUT2D eigenvalue weighted by atomic mass is 10.0. The second-order valence-corrected chi connectivity index (χ2v) is 4.71. The third-order valence-electron chi connectivity index (χ3n) is 2.14. The van der Waals surface area contributed by atoms with Crippen molar-refractivity contribution in [1.29, 1.82) is 0 Å². The van der Waals surface area contributed by atoms with Gasteiger partial charge in [-0.1, -0.05) is 13.8 Å². The summed E-state index contributed by atoms with van der Waals surface area (Å²) in [5.41, 5.74) is 0.768. The Bertz CT molecular complexity index is 336. The number of hydrogen-bond donors (Lipinski definition) is 0. The van der Waals surface area contributed by atoms with Gasteiger partial charge in [-0.2, -0.15) is 0 Å². The largest absolute Gasteiger partial charge is 0.491 e. The summed E-state index contributed by atoms with van der Waals surface area (Å²) in [5.74, 6) is 1.42. The normalized spacial score (nSPS) is 10.9. The minimum Gasteiger partial charge on any atom is -0.491 e. The molecule has 0 N–H and O–H groups in total. The van der Waals surface area contributed by atoms with Crippen molar-refractivity contribution in [3.63, 3.8) is 0 Å². The molecule has 2 nitrogen and oxygen atoms in total. The summed E-state index contributed by atoms with van der Waals surface area (Å²) in [6.45, 7) is 8.07. The molecule has 1 aromatic rings. The third kappa shape index (κ3) is 4.05. The molecule has 0 aliphatic heterocycles. The van der Waals surface area contributed by atoms with Crippen LogP contribution < -0.4 is 4.74 Å². The Morgan fingerprint density at radius 1 is 1.12 bits per heavy atom. The molecule has 16 heavy (non-hydrogen) atoms. The van der Waals surface area contributed by atoms with Crippen LogP contribution >= 0.6 is 0 Å². The van der Waals surface area contributed by atoms with Gasteiger partial charge in [0.2, 0.25) is 0 Å². The summed E-state index contributed by atoms with van der Waals surface area (Å²) in [4.78, 5) is 11.7. The Balaban J connectivity index is 2.67. The van der Waals surface area contributed by atoms with E-state index in [2.05, 4.69) is 0 Å². The Labute approximate surface area is 97.6 Å². The second kappa shape index (κ2) is 5.69. The molecule has 0 aromatic heterocycles. The van der Waals surface area contributed by atoms with Crippen molar-refractivity contribution in [3.8, 4) is 5.75 Å². The molecule has 0 spiro atoms. The van der Waals surface area contributed by atoms with Crippen molar-refractivity contribution in [2.45, 2.75) is 40.2 Å². The van der Waals surface area contributed by atoms with Gasteiger partial charge in [0.25, 0.3) is 0 Å². The summed E-state index contributed by atoms with van der Waals surface area (Å²) in [7, 11) is 0. The van der Waals surface area contributed by atoms with Gasteiger partial charge in [-0.25, -0.2) is 0 Å². The number of benzene rings is 1. The maximum Gasteiger partial charge on any atom is 0.163 e. The molecule has 0 atom stereocenters. The molecule has 0 heterocycles. The molecule has 0 saturated carbocycles. The van der Waals surface area contributed by atoms with E-state index >= 15 is 0 Å². The maximum absolute atomic E-state index is 11.7. The van der Waals surface area contributed by atoms with Crippen LogP contribution in [0, 0.1) is 5.92 Å². The Kier molecular flexibility index (Phi) is 4.53. The molecule has 1 rings (SSSR count). The third-order valence-corrected chi connectivity index (χ3v) is 2.14. The number of carbonyl (C=O) groups excluding carboxylic acids is 1. The number of Topliss-reactive ketones (excluding diaryl/α,β-unsaturated/α-hetero) is 1. The lowest BCUT2D eigenvalue weighted by Crippen LogP contribution is -2.06. The first-order valence-corrected chi connectivity index (χ1v) is 5.79. The maximum atomic E-state index is 11.7.